The molecule has 0 saturated carbocycles. The number of carbonyl (C=O) groups excluding carboxylic acids is 2. The van der Waals surface area contributed by atoms with Crippen molar-refractivity contribution in [3.63, 3.8) is 0 Å². The number of rotatable bonds is 6. The van der Waals surface area contributed by atoms with E-state index >= 15 is 0 Å². The first-order valence-electron chi connectivity index (χ1n) is 7.93. The fraction of sp³-hybridized carbons (Fsp3) is 0.875. The van der Waals surface area contributed by atoms with Crippen molar-refractivity contribution in [2.75, 3.05) is 6.54 Å². The highest BCUT2D eigenvalue weighted by Gasteiger charge is 2.45. The average Bonchev–Trinajstić information content (AvgIpc) is 2.33. The number of piperazine rings is 1. The van der Waals surface area contributed by atoms with Crippen molar-refractivity contribution >= 4 is 11.8 Å². The lowest BCUT2D eigenvalue weighted by Gasteiger charge is -2.44. The van der Waals surface area contributed by atoms with Gasteiger partial charge in [0, 0.05) is 6.54 Å². The van der Waals surface area contributed by atoms with Crippen LogP contribution in [0.5, 0.6) is 0 Å². The lowest BCUT2D eigenvalue weighted by molar-refractivity contribution is -0.154. The highest BCUT2D eigenvalue weighted by molar-refractivity contribution is 5.97. The van der Waals surface area contributed by atoms with Crippen LogP contribution >= 0.6 is 0 Å². The van der Waals surface area contributed by atoms with E-state index in [0.717, 1.165) is 32.1 Å². The summed E-state index contributed by atoms with van der Waals surface area (Å²) >= 11 is 0. The molecule has 0 spiro atoms. The van der Waals surface area contributed by atoms with Crippen molar-refractivity contribution in [3.8, 4) is 0 Å². The molecular weight excluding hydrogens is 252 g/mol. The Kier molecular flexibility index (Phi) is 6.03. The summed E-state index contributed by atoms with van der Waals surface area (Å²) in [6, 6.07) is -0.673. The largest absolute Gasteiger partial charge is 0.342 e. The molecule has 1 fully saturated rings. The van der Waals surface area contributed by atoms with Gasteiger partial charge in [0.05, 0.1) is 0 Å². The third-order valence-corrected chi connectivity index (χ3v) is 3.86. The quantitative estimate of drug-likeness (QED) is 0.762. The summed E-state index contributed by atoms with van der Waals surface area (Å²) < 4.78 is 0. The minimum atomic E-state index is -0.347. The molecule has 0 aromatic rings. The Balaban J connectivity index is 2.91. The van der Waals surface area contributed by atoms with Crippen LogP contribution in [0.15, 0.2) is 0 Å². The van der Waals surface area contributed by atoms with Crippen LogP contribution in [0.25, 0.3) is 0 Å². The molecule has 1 aliphatic heterocycles. The SMILES string of the molecule is CCCCCN1C(=O)C(CCC)NC(=O)C1C(C)(C)C. The molecule has 0 bridgehead atoms. The van der Waals surface area contributed by atoms with Crippen LogP contribution in [-0.2, 0) is 9.59 Å². The van der Waals surface area contributed by atoms with E-state index in [4.69, 9.17) is 0 Å². The van der Waals surface area contributed by atoms with E-state index in [9.17, 15) is 9.59 Å². The van der Waals surface area contributed by atoms with Crippen LogP contribution in [0, 0.1) is 5.41 Å². The van der Waals surface area contributed by atoms with Crippen molar-refractivity contribution in [3.05, 3.63) is 0 Å². The molecule has 0 radical (unpaired) electrons. The first-order valence-corrected chi connectivity index (χ1v) is 7.93. The minimum Gasteiger partial charge on any atom is -0.342 e. The van der Waals surface area contributed by atoms with Gasteiger partial charge in [-0.1, -0.05) is 53.9 Å². The molecule has 1 rings (SSSR count). The summed E-state index contributed by atoms with van der Waals surface area (Å²) in [6.45, 7) is 11.0. The topological polar surface area (TPSA) is 49.4 Å². The zero-order chi connectivity index (χ0) is 15.3. The van der Waals surface area contributed by atoms with Crippen molar-refractivity contribution in [2.24, 2.45) is 5.41 Å². The van der Waals surface area contributed by atoms with Gasteiger partial charge in [-0.2, -0.15) is 0 Å². The maximum Gasteiger partial charge on any atom is 0.245 e. The summed E-state index contributed by atoms with van der Waals surface area (Å²) in [6.07, 6.45) is 4.82. The number of carbonyl (C=O) groups is 2. The minimum absolute atomic E-state index is 0.00653. The predicted octanol–water partition coefficient (Wildman–Crippen LogP) is 2.72. The Labute approximate surface area is 123 Å². The number of hydrogen-bond donors (Lipinski definition) is 1. The van der Waals surface area contributed by atoms with Crippen LogP contribution in [-0.4, -0.2) is 35.3 Å². The van der Waals surface area contributed by atoms with Gasteiger partial charge in [0.15, 0.2) is 0 Å². The Morgan fingerprint density at radius 2 is 1.75 bits per heavy atom. The first-order chi connectivity index (χ1) is 9.32. The van der Waals surface area contributed by atoms with Gasteiger partial charge in [0.2, 0.25) is 11.8 Å². The van der Waals surface area contributed by atoms with Gasteiger partial charge in [-0.3, -0.25) is 9.59 Å². The van der Waals surface area contributed by atoms with Gasteiger partial charge in [-0.15, -0.1) is 0 Å². The van der Waals surface area contributed by atoms with Gasteiger partial charge < -0.3 is 10.2 Å². The Hall–Kier alpha value is -1.06. The lowest BCUT2D eigenvalue weighted by Crippen LogP contribution is -2.66. The fourth-order valence-electron chi connectivity index (χ4n) is 2.90. The van der Waals surface area contributed by atoms with Gasteiger partial charge in [-0.05, 0) is 18.3 Å². The third-order valence-electron chi connectivity index (χ3n) is 3.86. The van der Waals surface area contributed by atoms with E-state index in [1.807, 2.05) is 32.6 Å². The number of nitrogens with zero attached hydrogens (tertiary/aromatic N) is 1. The Morgan fingerprint density at radius 1 is 1.10 bits per heavy atom. The van der Waals surface area contributed by atoms with E-state index in [2.05, 4.69) is 12.2 Å². The van der Waals surface area contributed by atoms with Crippen molar-refractivity contribution in [2.45, 2.75) is 78.8 Å². The van der Waals surface area contributed by atoms with Crippen molar-refractivity contribution in [1.29, 1.82) is 0 Å². The molecule has 116 valence electrons. The normalized spacial score (nSPS) is 23.9. The van der Waals surface area contributed by atoms with Crippen molar-refractivity contribution < 1.29 is 9.59 Å². The molecule has 1 N–H and O–H groups in total. The molecule has 1 aliphatic rings. The molecule has 4 heteroatoms. The molecule has 2 amide bonds. The molecule has 2 atom stereocenters. The molecule has 0 aromatic heterocycles. The Bertz CT molecular complexity index is 347. The van der Waals surface area contributed by atoms with Crippen LogP contribution in [0.2, 0.25) is 0 Å². The standard InChI is InChI=1S/C16H30N2O2/c1-6-8-9-11-18-13(16(3,4)5)14(19)17-12(10-7-2)15(18)20/h12-13H,6-11H2,1-5H3,(H,17,19). The van der Waals surface area contributed by atoms with E-state index in [0.29, 0.717) is 6.54 Å². The molecule has 1 heterocycles. The van der Waals surface area contributed by atoms with Crippen LogP contribution in [0.1, 0.15) is 66.7 Å². The Morgan fingerprint density at radius 3 is 2.25 bits per heavy atom. The van der Waals surface area contributed by atoms with Gasteiger partial charge in [0.25, 0.3) is 0 Å². The second-order valence-electron chi connectivity index (χ2n) is 6.86. The molecule has 4 nitrogen and oxygen atoms in total. The van der Waals surface area contributed by atoms with Gasteiger partial charge in [-0.25, -0.2) is 0 Å². The molecule has 20 heavy (non-hydrogen) atoms. The summed E-state index contributed by atoms with van der Waals surface area (Å²) in [5.74, 6) is 0.106. The molecular formula is C16H30N2O2. The van der Waals surface area contributed by atoms with E-state index in [1.54, 1.807) is 0 Å². The number of unbranched alkanes of at least 4 members (excludes halogenated alkanes) is 2. The first kappa shape index (κ1) is 17.0. The number of nitrogens with one attached hydrogen (secondary N) is 1. The summed E-state index contributed by atoms with van der Waals surface area (Å²) in [4.78, 5) is 26.9. The van der Waals surface area contributed by atoms with Crippen molar-refractivity contribution in [1.82, 2.24) is 10.2 Å². The van der Waals surface area contributed by atoms with Crippen LogP contribution in [0.4, 0.5) is 0 Å². The van der Waals surface area contributed by atoms with Crippen LogP contribution < -0.4 is 5.32 Å². The van der Waals surface area contributed by atoms with E-state index < -0.39 is 0 Å². The molecule has 2 unspecified atom stereocenters. The van der Waals surface area contributed by atoms with Gasteiger partial charge >= 0.3 is 0 Å². The number of hydrogen-bond acceptors (Lipinski definition) is 2. The second-order valence-corrected chi connectivity index (χ2v) is 6.86. The number of amides is 2. The molecule has 1 saturated heterocycles. The summed E-state index contributed by atoms with van der Waals surface area (Å²) in [5, 5.41) is 2.91. The van der Waals surface area contributed by atoms with Crippen LogP contribution in [0.3, 0.4) is 0 Å². The zero-order valence-corrected chi connectivity index (χ0v) is 13.7. The van der Waals surface area contributed by atoms with E-state index in [-0.39, 0.29) is 29.3 Å². The maximum atomic E-state index is 12.6. The summed E-state index contributed by atoms with van der Waals surface area (Å²) in [7, 11) is 0. The van der Waals surface area contributed by atoms with E-state index in [1.165, 1.54) is 0 Å². The zero-order valence-electron chi connectivity index (χ0n) is 13.7. The second kappa shape index (κ2) is 7.09. The highest BCUT2D eigenvalue weighted by Crippen LogP contribution is 2.28. The smallest absolute Gasteiger partial charge is 0.245 e. The monoisotopic (exact) mass is 282 g/mol. The maximum absolute atomic E-state index is 12.6. The highest BCUT2D eigenvalue weighted by atomic mass is 16.2. The van der Waals surface area contributed by atoms with Gasteiger partial charge in [0.1, 0.15) is 12.1 Å². The third kappa shape index (κ3) is 3.97. The fourth-order valence-corrected chi connectivity index (χ4v) is 2.90. The lowest BCUT2D eigenvalue weighted by atomic mass is 9.82. The summed E-state index contributed by atoms with van der Waals surface area (Å²) in [5.41, 5.74) is -0.233. The average molecular weight is 282 g/mol. The molecule has 0 aromatic carbocycles. The predicted molar refractivity (Wildman–Crippen MR) is 81.3 cm³/mol. The molecule has 0 aliphatic carbocycles.